The van der Waals surface area contributed by atoms with Gasteiger partial charge in [0.15, 0.2) is 5.82 Å². The van der Waals surface area contributed by atoms with E-state index in [1.807, 2.05) is 6.92 Å². The Morgan fingerprint density at radius 3 is 2.67 bits per heavy atom. The van der Waals surface area contributed by atoms with Gasteiger partial charge in [0.2, 0.25) is 5.91 Å². The maximum atomic E-state index is 12.9. The fraction of sp³-hybridized carbons (Fsp3) is 0.483. The molecule has 36 heavy (non-hydrogen) atoms. The first-order chi connectivity index (χ1) is 17.5. The van der Waals surface area contributed by atoms with E-state index in [4.69, 9.17) is 0 Å². The lowest BCUT2D eigenvalue weighted by atomic mass is 9.96. The molecule has 2 aliphatic heterocycles. The molecule has 1 amide bonds. The zero-order chi connectivity index (χ0) is 24.6. The monoisotopic (exact) mass is 484 g/mol. The minimum atomic E-state index is -0.136. The quantitative estimate of drug-likeness (QED) is 0.470. The number of likely N-dealkylation sites (tertiary alicyclic amines) is 1. The molecule has 7 nitrogen and oxygen atoms in total. The van der Waals surface area contributed by atoms with Crippen molar-refractivity contribution in [2.24, 2.45) is 5.92 Å². The number of amides is 1. The number of hydrogen-bond donors (Lipinski definition) is 1. The number of benzene rings is 2. The lowest BCUT2D eigenvalue weighted by molar-refractivity contribution is -0.127. The molecule has 1 aliphatic carbocycles. The molecule has 0 bridgehead atoms. The van der Waals surface area contributed by atoms with Gasteiger partial charge in [0, 0.05) is 38.5 Å². The summed E-state index contributed by atoms with van der Waals surface area (Å²) >= 11 is 0. The van der Waals surface area contributed by atoms with Gasteiger partial charge in [0.25, 0.3) is 0 Å². The second-order valence-electron chi connectivity index (χ2n) is 10.8. The van der Waals surface area contributed by atoms with Crippen LogP contribution in [0, 0.1) is 5.92 Å². The molecule has 1 unspecified atom stereocenters. The van der Waals surface area contributed by atoms with Crippen LogP contribution in [-0.2, 0) is 30.7 Å². The van der Waals surface area contributed by atoms with Gasteiger partial charge in [-0.05, 0) is 74.1 Å². The van der Waals surface area contributed by atoms with E-state index >= 15 is 0 Å². The second-order valence-corrected chi connectivity index (χ2v) is 10.8. The third-order valence-electron chi connectivity index (χ3n) is 8.25. The molecule has 3 heterocycles. The third-order valence-corrected chi connectivity index (χ3v) is 8.25. The van der Waals surface area contributed by atoms with Gasteiger partial charge in [-0.15, -0.1) is 10.2 Å². The Kier molecular flexibility index (Phi) is 6.36. The van der Waals surface area contributed by atoms with Gasteiger partial charge in [-0.2, -0.15) is 0 Å². The highest BCUT2D eigenvalue weighted by atomic mass is 16.2. The number of carbonyl (C=O) groups excluding carboxylic acids is 1. The van der Waals surface area contributed by atoms with E-state index in [-0.39, 0.29) is 17.9 Å². The van der Waals surface area contributed by atoms with Crippen molar-refractivity contribution in [3.63, 3.8) is 0 Å². The first-order valence-electron chi connectivity index (χ1n) is 13.4. The number of hydrogen-bond acceptors (Lipinski definition) is 5. The molecule has 188 valence electrons. The van der Waals surface area contributed by atoms with E-state index in [1.165, 1.54) is 27.8 Å². The van der Waals surface area contributed by atoms with Crippen molar-refractivity contribution < 1.29 is 4.79 Å². The van der Waals surface area contributed by atoms with Gasteiger partial charge in [-0.3, -0.25) is 9.69 Å². The average Bonchev–Trinajstić information content (AvgIpc) is 3.40. The van der Waals surface area contributed by atoms with Crippen molar-refractivity contribution in [1.29, 1.82) is 0 Å². The van der Waals surface area contributed by atoms with Crippen molar-refractivity contribution in [3.8, 4) is 11.1 Å². The molecule has 1 fully saturated rings. The molecule has 2 aromatic carbocycles. The normalized spacial score (nSPS) is 19.3. The molecular formula is C29H36N6O. The minimum Gasteiger partial charge on any atom is -0.346 e. The predicted octanol–water partition coefficient (Wildman–Crippen LogP) is 3.43. The van der Waals surface area contributed by atoms with Crippen molar-refractivity contribution in [2.45, 2.75) is 51.7 Å². The molecule has 3 aromatic rings. The Morgan fingerprint density at radius 1 is 1.00 bits per heavy atom. The van der Waals surface area contributed by atoms with Crippen molar-refractivity contribution in [3.05, 3.63) is 70.8 Å². The first-order valence-corrected chi connectivity index (χ1v) is 13.4. The second kappa shape index (κ2) is 9.79. The maximum absolute atomic E-state index is 12.9. The van der Waals surface area contributed by atoms with Crippen LogP contribution >= 0.6 is 0 Å². The number of rotatable bonds is 5. The zero-order valence-electron chi connectivity index (χ0n) is 21.4. The van der Waals surface area contributed by atoms with E-state index in [0.717, 1.165) is 76.6 Å². The van der Waals surface area contributed by atoms with Crippen LogP contribution in [0.5, 0.6) is 0 Å². The first kappa shape index (κ1) is 23.4. The Hall–Kier alpha value is -3.03. The largest absolute Gasteiger partial charge is 0.346 e. The van der Waals surface area contributed by atoms with E-state index in [2.05, 4.69) is 79.4 Å². The Morgan fingerprint density at radius 2 is 1.81 bits per heavy atom. The fourth-order valence-electron chi connectivity index (χ4n) is 6.09. The lowest BCUT2D eigenvalue weighted by Gasteiger charge is -2.29. The zero-order valence-corrected chi connectivity index (χ0v) is 21.4. The highest BCUT2D eigenvalue weighted by Crippen LogP contribution is 2.37. The van der Waals surface area contributed by atoms with Crippen LogP contribution in [0.2, 0.25) is 0 Å². The van der Waals surface area contributed by atoms with Crippen LogP contribution in [0.25, 0.3) is 11.1 Å². The van der Waals surface area contributed by atoms with Crippen molar-refractivity contribution >= 4 is 5.91 Å². The van der Waals surface area contributed by atoms with Crippen LogP contribution in [0.3, 0.4) is 0 Å². The van der Waals surface area contributed by atoms with E-state index < -0.39 is 0 Å². The minimum absolute atomic E-state index is 0.103. The third kappa shape index (κ3) is 4.58. The summed E-state index contributed by atoms with van der Waals surface area (Å²) in [5, 5.41) is 12.2. The molecule has 1 N–H and O–H groups in total. The average molecular weight is 485 g/mol. The number of fused-ring (bicyclic) bond motifs is 4. The smallest absolute Gasteiger partial charge is 0.223 e. The fourth-order valence-corrected chi connectivity index (χ4v) is 6.09. The van der Waals surface area contributed by atoms with Gasteiger partial charge < -0.3 is 14.8 Å². The van der Waals surface area contributed by atoms with Crippen molar-refractivity contribution in [2.75, 3.05) is 33.2 Å². The van der Waals surface area contributed by atoms with Crippen LogP contribution in [-0.4, -0.2) is 63.7 Å². The van der Waals surface area contributed by atoms with Gasteiger partial charge in [0.05, 0.1) is 6.04 Å². The molecule has 0 radical (unpaired) electrons. The number of nitrogens with one attached hydrogen (secondary N) is 1. The number of aromatic nitrogens is 3. The van der Waals surface area contributed by atoms with Crippen LogP contribution < -0.4 is 5.32 Å². The highest BCUT2D eigenvalue weighted by molar-refractivity contribution is 5.79. The van der Waals surface area contributed by atoms with E-state index in [0.29, 0.717) is 0 Å². The summed E-state index contributed by atoms with van der Waals surface area (Å²) in [6.45, 7) is 7.72. The highest BCUT2D eigenvalue weighted by Gasteiger charge is 2.27. The maximum Gasteiger partial charge on any atom is 0.223 e. The van der Waals surface area contributed by atoms with E-state index in [1.54, 1.807) is 0 Å². The topological polar surface area (TPSA) is 66.3 Å². The molecule has 0 saturated carbocycles. The van der Waals surface area contributed by atoms with Gasteiger partial charge in [-0.25, -0.2) is 0 Å². The summed E-state index contributed by atoms with van der Waals surface area (Å²) in [7, 11) is 2.12. The molecule has 0 spiro atoms. The van der Waals surface area contributed by atoms with Gasteiger partial charge >= 0.3 is 0 Å². The molecule has 1 atom stereocenters. The van der Waals surface area contributed by atoms with Gasteiger partial charge in [-0.1, -0.05) is 42.5 Å². The summed E-state index contributed by atoms with van der Waals surface area (Å²) in [6, 6.07) is 15.6. The SMILES string of the molecule is CC(NC(=O)C1CCN(C)CC1)c1nnc2n1CCN(Cc1ccc3c(c1)Cc1ccccc1-3)CC2. The standard InChI is InChI=1S/C29H36N6O/c1-20(30-29(36)22-9-12-33(2)13-10-22)28-32-31-27-11-14-34(15-16-35(27)28)19-21-7-8-26-24(17-21)18-23-5-3-4-6-25(23)26/h3-8,17,20,22H,9-16,18-19H2,1-2H3,(H,30,36). The predicted molar refractivity (Wildman–Crippen MR) is 140 cm³/mol. The Balaban J connectivity index is 1.08. The van der Waals surface area contributed by atoms with Crippen LogP contribution in [0.15, 0.2) is 42.5 Å². The Bertz CT molecular complexity index is 1260. The molecular weight excluding hydrogens is 448 g/mol. The van der Waals surface area contributed by atoms with E-state index in [9.17, 15) is 4.79 Å². The summed E-state index contributed by atoms with van der Waals surface area (Å²) < 4.78 is 2.24. The van der Waals surface area contributed by atoms with Gasteiger partial charge in [0.1, 0.15) is 5.82 Å². The summed E-state index contributed by atoms with van der Waals surface area (Å²) in [5.41, 5.74) is 7.02. The summed E-state index contributed by atoms with van der Waals surface area (Å²) in [5.74, 6) is 2.16. The van der Waals surface area contributed by atoms with Crippen LogP contribution in [0.1, 0.15) is 54.1 Å². The molecule has 6 rings (SSSR count). The molecule has 7 heteroatoms. The molecule has 3 aliphatic rings. The Labute approximate surface area is 213 Å². The number of piperidine rings is 1. The summed E-state index contributed by atoms with van der Waals surface area (Å²) in [6.07, 6.45) is 3.76. The van der Waals surface area contributed by atoms with Crippen LogP contribution in [0.4, 0.5) is 0 Å². The lowest BCUT2D eigenvalue weighted by Crippen LogP contribution is -2.40. The molecule has 1 saturated heterocycles. The number of carbonyl (C=O) groups is 1. The number of nitrogens with zero attached hydrogens (tertiary/aromatic N) is 5. The molecule has 1 aromatic heterocycles. The van der Waals surface area contributed by atoms with Crippen molar-refractivity contribution in [1.82, 2.24) is 29.9 Å². The summed E-state index contributed by atoms with van der Waals surface area (Å²) in [4.78, 5) is 17.7.